The van der Waals surface area contributed by atoms with E-state index in [1.807, 2.05) is 0 Å². The number of carbonyl (C=O) groups is 1. The Morgan fingerprint density at radius 2 is 2.10 bits per heavy atom. The molecule has 0 aliphatic rings. The summed E-state index contributed by atoms with van der Waals surface area (Å²) in [6.07, 6.45) is 1.03. The van der Waals surface area contributed by atoms with Gasteiger partial charge in [-0.3, -0.25) is 4.79 Å². The molecule has 0 fully saturated rings. The second-order valence-corrected chi connectivity index (χ2v) is 6.55. The molecule has 3 rings (SSSR count). The van der Waals surface area contributed by atoms with Crippen LogP contribution in [0.15, 0.2) is 30.5 Å². The summed E-state index contributed by atoms with van der Waals surface area (Å²) in [5, 5.41) is 21.0. The molecule has 3 aromatic rings. The normalized spacial score (nSPS) is 11.6. The maximum atomic E-state index is 13.8. The van der Waals surface area contributed by atoms with Gasteiger partial charge in [-0.1, -0.05) is 23.2 Å². The largest absolute Gasteiger partial charge is 0.481 e. The Hall–Kier alpha value is -2.53. The summed E-state index contributed by atoms with van der Waals surface area (Å²) < 4.78 is 19.2. The van der Waals surface area contributed by atoms with Crippen molar-refractivity contribution >= 4 is 41.6 Å². The predicted molar refractivity (Wildman–Crippen MR) is 105 cm³/mol. The minimum atomic E-state index is -1.02. The number of aliphatic carboxylic acids is 1. The van der Waals surface area contributed by atoms with E-state index >= 15 is 0 Å². The number of carboxylic acid groups (broad SMARTS) is 1. The van der Waals surface area contributed by atoms with Crippen molar-refractivity contribution in [1.82, 2.24) is 25.2 Å². The summed E-state index contributed by atoms with van der Waals surface area (Å²) in [7, 11) is 0. The van der Waals surface area contributed by atoms with Crippen LogP contribution in [0.1, 0.15) is 6.42 Å². The van der Waals surface area contributed by atoms with Crippen LogP contribution in [0, 0.1) is 5.82 Å². The second kappa shape index (κ2) is 9.79. The molecule has 1 aromatic carbocycles. The van der Waals surface area contributed by atoms with Gasteiger partial charge in [-0.05, 0) is 23.4 Å². The number of nitrogens with two attached hydrogens (primary N) is 1. The van der Waals surface area contributed by atoms with Gasteiger partial charge in [0.1, 0.15) is 5.75 Å². The summed E-state index contributed by atoms with van der Waals surface area (Å²) in [4.78, 5) is 15.6. The molecule has 0 aliphatic carbocycles. The van der Waals surface area contributed by atoms with Gasteiger partial charge in [-0.25, -0.2) is 9.37 Å². The minimum absolute atomic E-state index is 0. The van der Waals surface area contributed by atoms with Gasteiger partial charge in [0.05, 0.1) is 23.0 Å². The standard InChI is InChI=1S/C16H13Cl2FN6O3.ClH/c17-8-3-13(19)16(21-6-8)28-10-1-2-11(12(18)5-10)15-22-24-25(23-15)7-9(20)4-14(26)27;/h1-3,5-6,9H,4,7,20H2,(H,26,27);1H. The molecule has 0 radical (unpaired) electrons. The van der Waals surface area contributed by atoms with Crippen LogP contribution in [0.2, 0.25) is 10.0 Å². The highest BCUT2D eigenvalue weighted by Crippen LogP contribution is 2.31. The summed E-state index contributed by atoms with van der Waals surface area (Å²) >= 11 is 11.9. The van der Waals surface area contributed by atoms with Crippen LogP contribution in [-0.4, -0.2) is 42.3 Å². The molecule has 3 N–H and O–H groups in total. The number of carboxylic acids is 1. The van der Waals surface area contributed by atoms with E-state index in [9.17, 15) is 9.18 Å². The Balaban J connectivity index is 0.00000300. The van der Waals surface area contributed by atoms with Crippen molar-refractivity contribution in [3.05, 3.63) is 46.3 Å². The van der Waals surface area contributed by atoms with Gasteiger partial charge in [0, 0.05) is 23.9 Å². The molecule has 154 valence electrons. The number of benzene rings is 1. The average Bonchev–Trinajstić information content (AvgIpc) is 3.04. The Bertz CT molecular complexity index is 1020. The summed E-state index contributed by atoms with van der Waals surface area (Å²) in [6.45, 7) is 0.0830. The Morgan fingerprint density at radius 1 is 1.34 bits per heavy atom. The third-order valence-corrected chi connectivity index (χ3v) is 3.98. The van der Waals surface area contributed by atoms with Crippen molar-refractivity contribution in [2.24, 2.45) is 5.73 Å². The molecule has 1 atom stereocenters. The van der Waals surface area contributed by atoms with Crippen molar-refractivity contribution in [2.75, 3.05) is 0 Å². The highest BCUT2D eigenvalue weighted by atomic mass is 35.5. The first kappa shape index (κ1) is 22.8. The molecule has 0 spiro atoms. The van der Waals surface area contributed by atoms with Gasteiger partial charge in [0.25, 0.3) is 5.88 Å². The second-order valence-electron chi connectivity index (χ2n) is 5.71. The lowest BCUT2D eigenvalue weighted by Gasteiger charge is -2.08. The monoisotopic (exact) mass is 462 g/mol. The summed E-state index contributed by atoms with van der Waals surface area (Å²) in [5.74, 6) is -1.51. The maximum Gasteiger partial charge on any atom is 0.304 e. The molecular weight excluding hydrogens is 450 g/mol. The molecule has 13 heteroatoms. The average molecular weight is 464 g/mol. The molecule has 0 bridgehead atoms. The quantitative estimate of drug-likeness (QED) is 0.546. The lowest BCUT2D eigenvalue weighted by atomic mass is 10.2. The minimum Gasteiger partial charge on any atom is -0.481 e. The molecule has 9 nitrogen and oxygen atoms in total. The van der Waals surface area contributed by atoms with Crippen molar-refractivity contribution in [3.63, 3.8) is 0 Å². The predicted octanol–water partition coefficient (Wildman–Crippen LogP) is 3.20. The summed E-state index contributed by atoms with van der Waals surface area (Å²) in [6, 6.07) is 4.98. The third-order valence-electron chi connectivity index (χ3n) is 3.46. The fraction of sp³-hybridized carbons (Fsp3) is 0.188. The number of halogens is 4. The van der Waals surface area contributed by atoms with E-state index < -0.39 is 17.8 Å². The van der Waals surface area contributed by atoms with Gasteiger partial charge in [-0.15, -0.1) is 22.6 Å². The molecular formula is C16H14Cl3FN6O3. The topological polar surface area (TPSA) is 129 Å². The van der Waals surface area contributed by atoms with Gasteiger partial charge in [0.2, 0.25) is 5.82 Å². The van der Waals surface area contributed by atoms with Crippen LogP contribution in [0.25, 0.3) is 11.4 Å². The lowest BCUT2D eigenvalue weighted by molar-refractivity contribution is -0.137. The van der Waals surface area contributed by atoms with Crippen LogP contribution < -0.4 is 10.5 Å². The number of aromatic nitrogens is 5. The zero-order chi connectivity index (χ0) is 20.3. The number of pyridine rings is 1. The molecule has 2 aromatic heterocycles. The first-order valence-electron chi connectivity index (χ1n) is 7.86. The maximum absolute atomic E-state index is 13.8. The van der Waals surface area contributed by atoms with E-state index in [1.54, 1.807) is 6.07 Å². The fourth-order valence-corrected chi connectivity index (χ4v) is 2.66. The SMILES string of the molecule is Cl.NC(CC(=O)O)Cn1nnc(-c2ccc(Oc3ncc(Cl)cc3F)cc2Cl)n1. The van der Waals surface area contributed by atoms with E-state index in [-0.39, 0.29) is 52.9 Å². The van der Waals surface area contributed by atoms with E-state index in [2.05, 4.69) is 20.4 Å². The molecule has 0 amide bonds. The highest BCUT2D eigenvalue weighted by Gasteiger charge is 2.15. The highest BCUT2D eigenvalue weighted by molar-refractivity contribution is 6.33. The van der Waals surface area contributed by atoms with Crippen LogP contribution in [-0.2, 0) is 11.3 Å². The van der Waals surface area contributed by atoms with E-state index in [4.69, 9.17) is 38.8 Å². The number of rotatable bonds is 7. The molecule has 0 saturated heterocycles. The zero-order valence-corrected chi connectivity index (χ0v) is 16.8. The Morgan fingerprint density at radius 3 is 2.76 bits per heavy atom. The van der Waals surface area contributed by atoms with Gasteiger partial charge in [-0.2, -0.15) is 4.80 Å². The van der Waals surface area contributed by atoms with E-state index in [1.165, 1.54) is 23.1 Å². The van der Waals surface area contributed by atoms with E-state index in [0.29, 0.717) is 5.56 Å². The number of tetrazole rings is 1. The number of hydrogen-bond acceptors (Lipinski definition) is 7. The zero-order valence-electron chi connectivity index (χ0n) is 14.5. The van der Waals surface area contributed by atoms with Gasteiger partial charge >= 0.3 is 5.97 Å². The van der Waals surface area contributed by atoms with Crippen molar-refractivity contribution in [2.45, 2.75) is 19.0 Å². The summed E-state index contributed by atoms with van der Waals surface area (Å²) in [5.41, 5.74) is 6.16. The van der Waals surface area contributed by atoms with E-state index in [0.717, 1.165) is 6.07 Å². The first-order valence-corrected chi connectivity index (χ1v) is 8.61. The Labute approximate surface area is 180 Å². The van der Waals surface area contributed by atoms with Crippen LogP contribution >= 0.6 is 35.6 Å². The molecule has 2 heterocycles. The molecule has 0 aliphatic heterocycles. The van der Waals surface area contributed by atoms with Gasteiger partial charge < -0.3 is 15.6 Å². The number of nitrogens with zero attached hydrogens (tertiary/aromatic N) is 5. The van der Waals surface area contributed by atoms with Crippen molar-refractivity contribution in [3.8, 4) is 23.0 Å². The molecule has 29 heavy (non-hydrogen) atoms. The Kier molecular flexibility index (Phi) is 7.68. The van der Waals surface area contributed by atoms with Crippen LogP contribution in [0.3, 0.4) is 0 Å². The van der Waals surface area contributed by atoms with Crippen LogP contribution in [0.4, 0.5) is 4.39 Å². The van der Waals surface area contributed by atoms with Crippen molar-refractivity contribution < 1.29 is 19.0 Å². The number of hydrogen-bond donors (Lipinski definition) is 2. The first-order chi connectivity index (χ1) is 13.3. The van der Waals surface area contributed by atoms with Gasteiger partial charge in [0.15, 0.2) is 5.82 Å². The molecule has 0 saturated carbocycles. The van der Waals surface area contributed by atoms with Crippen molar-refractivity contribution in [1.29, 1.82) is 0 Å². The van der Waals surface area contributed by atoms with Crippen LogP contribution in [0.5, 0.6) is 11.6 Å². The number of ether oxygens (including phenoxy) is 1. The third kappa shape index (κ3) is 5.97. The lowest BCUT2D eigenvalue weighted by Crippen LogP contribution is -2.30. The smallest absolute Gasteiger partial charge is 0.304 e. The fourth-order valence-electron chi connectivity index (χ4n) is 2.26. The molecule has 1 unspecified atom stereocenters.